The maximum atomic E-state index is 12.5. The lowest BCUT2D eigenvalue weighted by molar-refractivity contribution is 0.102. The standard InChI is InChI=1S/C19H13Cl2NO/c20-14-10-11-16(17(21)12-14)19(23)22-18-9-5-4-8-15(18)13-6-2-1-3-7-13/h1-12H,(H,22,23). The van der Waals surface area contributed by atoms with E-state index in [1.807, 2.05) is 54.6 Å². The molecule has 0 bridgehead atoms. The summed E-state index contributed by atoms with van der Waals surface area (Å²) in [6.07, 6.45) is 0. The molecular formula is C19H13Cl2NO. The molecule has 0 aliphatic heterocycles. The van der Waals surface area contributed by atoms with Crippen molar-refractivity contribution >= 4 is 34.8 Å². The normalized spacial score (nSPS) is 10.3. The van der Waals surface area contributed by atoms with Gasteiger partial charge in [-0.15, -0.1) is 0 Å². The van der Waals surface area contributed by atoms with E-state index in [2.05, 4.69) is 5.32 Å². The van der Waals surface area contributed by atoms with Gasteiger partial charge in [0.05, 0.1) is 10.6 Å². The van der Waals surface area contributed by atoms with Crippen molar-refractivity contribution in [1.82, 2.24) is 0 Å². The highest BCUT2D eigenvalue weighted by Gasteiger charge is 2.13. The molecule has 1 amide bonds. The van der Waals surface area contributed by atoms with E-state index in [-0.39, 0.29) is 5.91 Å². The maximum absolute atomic E-state index is 12.5. The van der Waals surface area contributed by atoms with Crippen molar-refractivity contribution < 1.29 is 4.79 Å². The third kappa shape index (κ3) is 3.55. The molecule has 0 aliphatic carbocycles. The summed E-state index contributed by atoms with van der Waals surface area (Å²) in [6.45, 7) is 0. The number of benzene rings is 3. The lowest BCUT2D eigenvalue weighted by Crippen LogP contribution is -2.13. The average molecular weight is 342 g/mol. The first-order valence-electron chi connectivity index (χ1n) is 7.06. The first kappa shape index (κ1) is 15.6. The fraction of sp³-hybridized carbons (Fsp3) is 0. The van der Waals surface area contributed by atoms with Gasteiger partial charge in [0.1, 0.15) is 0 Å². The van der Waals surface area contributed by atoms with Gasteiger partial charge in [0.2, 0.25) is 0 Å². The molecule has 1 N–H and O–H groups in total. The van der Waals surface area contributed by atoms with Crippen molar-refractivity contribution in [2.24, 2.45) is 0 Å². The topological polar surface area (TPSA) is 29.1 Å². The maximum Gasteiger partial charge on any atom is 0.257 e. The Morgan fingerprint density at radius 1 is 0.826 bits per heavy atom. The minimum Gasteiger partial charge on any atom is -0.321 e. The highest BCUT2D eigenvalue weighted by molar-refractivity contribution is 6.37. The molecule has 0 radical (unpaired) electrons. The van der Waals surface area contributed by atoms with Gasteiger partial charge in [-0.05, 0) is 29.8 Å². The number of nitrogens with one attached hydrogen (secondary N) is 1. The van der Waals surface area contributed by atoms with Crippen LogP contribution in [0.4, 0.5) is 5.69 Å². The van der Waals surface area contributed by atoms with Crippen molar-refractivity contribution in [2.45, 2.75) is 0 Å². The molecule has 3 aromatic carbocycles. The number of carbonyl (C=O) groups excluding carboxylic acids is 1. The summed E-state index contributed by atoms with van der Waals surface area (Å²) < 4.78 is 0. The van der Waals surface area contributed by atoms with Gasteiger partial charge >= 0.3 is 0 Å². The Morgan fingerprint density at radius 2 is 1.52 bits per heavy atom. The molecule has 0 aromatic heterocycles. The van der Waals surface area contributed by atoms with Crippen LogP contribution >= 0.6 is 23.2 Å². The number of rotatable bonds is 3. The van der Waals surface area contributed by atoms with E-state index in [1.54, 1.807) is 18.2 Å². The number of para-hydroxylation sites is 1. The minimum absolute atomic E-state index is 0.268. The van der Waals surface area contributed by atoms with E-state index >= 15 is 0 Å². The third-order valence-electron chi connectivity index (χ3n) is 3.44. The van der Waals surface area contributed by atoms with Crippen molar-refractivity contribution in [3.05, 3.63) is 88.4 Å². The molecule has 3 rings (SSSR count). The molecule has 0 saturated heterocycles. The Balaban J connectivity index is 1.93. The van der Waals surface area contributed by atoms with E-state index in [4.69, 9.17) is 23.2 Å². The molecule has 23 heavy (non-hydrogen) atoms. The van der Waals surface area contributed by atoms with Crippen molar-refractivity contribution in [2.75, 3.05) is 5.32 Å². The summed E-state index contributed by atoms with van der Waals surface area (Å²) in [4.78, 5) is 12.5. The van der Waals surface area contributed by atoms with Gasteiger partial charge in [-0.1, -0.05) is 71.7 Å². The van der Waals surface area contributed by atoms with Crippen LogP contribution in [-0.4, -0.2) is 5.91 Å². The van der Waals surface area contributed by atoms with Crippen LogP contribution < -0.4 is 5.32 Å². The van der Waals surface area contributed by atoms with E-state index in [0.29, 0.717) is 15.6 Å². The van der Waals surface area contributed by atoms with Crippen molar-refractivity contribution in [1.29, 1.82) is 0 Å². The molecule has 114 valence electrons. The summed E-state index contributed by atoms with van der Waals surface area (Å²) >= 11 is 12.0. The predicted molar refractivity (Wildman–Crippen MR) is 96.3 cm³/mol. The van der Waals surface area contributed by atoms with E-state index in [0.717, 1.165) is 16.8 Å². The fourth-order valence-corrected chi connectivity index (χ4v) is 2.82. The van der Waals surface area contributed by atoms with Crippen LogP contribution in [0.25, 0.3) is 11.1 Å². The monoisotopic (exact) mass is 341 g/mol. The quantitative estimate of drug-likeness (QED) is 0.630. The minimum atomic E-state index is -0.268. The fourth-order valence-electron chi connectivity index (χ4n) is 2.32. The smallest absolute Gasteiger partial charge is 0.257 e. The highest BCUT2D eigenvalue weighted by atomic mass is 35.5. The van der Waals surface area contributed by atoms with Crippen LogP contribution in [0.3, 0.4) is 0 Å². The van der Waals surface area contributed by atoms with Crippen molar-refractivity contribution in [3.8, 4) is 11.1 Å². The van der Waals surface area contributed by atoms with Crippen LogP contribution in [0, 0.1) is 0 Å². The van der Waals surface area contributed by atoms with Gasteiger partial charge in [0.25, 0.3) is 5.91 Å². The first-order chi connectivity index (χ1) is 11.1. The van der Waals surface area contributed by atoms with Crippen LogP contribution in [0.15, 0.2) is 72.8 Å². The number of halogens is 2. The molecular weight excluding hydrogens is 329 g/mol. The zero-order valence-electron chi connectivity index (χ0n) is 12.1. The number of hydrogen-bond acceptors (Lipinski definition) is 1. The van der Waals surface area contributed by atoms with E-state index < -0.39 is 0 Å². The zero-order valence-corrected chi connectivity index (χ0v) is 13.6. The van der Waals surface area contributed by atoms with Gasteiger partial charge in [0.15, 0.2) is 0 Å². The first-order valence-corrected chi connectivity index (χ1v) is 7.81. The second kappa shape index (κ2) is 6.86. The zero-order chi connectivity index (χ0) is 16.2. The molecule has 0 heterocycles. The lowest BCUT2D eigenvalue weighted by atomic mass is 10.0. The van der Waals surface area contributed by atoms with Crippen LogP contribution in [0.1, 0.15) is 10.4 Å². The van der Waals surface area contributed by atoms with Gasteiger partial charge < -0.3 is 5.32 Å². The Morgan fingerprint density at radius 3 is 2.26 bits per heavy atom. The highest BCUT2D eigenvalue weighted by Crippen LogP contribution is 2.29. The van der Waals surface area contributed by atoms with Gasteiger partial charge in [-0.3, -0.25) is 4.79 Å². The molecule has 0 unspecified atom stereocenters. The van der Waals surface area contributed by atoms with Crippen LogP contribution in [0.5, 0.6) is 0 Å². The van der Waals surface area contributed by atoms with Crippen LogP contribution in [0.2, 0.25) is 10.0 Å². The largest absolute Gasteiger partial charge is 0.321 e. The second-order valence-electron chi connectivity index (χ2n) is 4.99. The Hall–Kier alpha value is -2.29. The summed E-state index contributed by atoms with van der Waals surface area (Å²) in [5, 5.41) is 3.74. The average Bonchev–Trinajstić information content (AvgIpc) is 2.56. The number of carbonyl (C=O) groups is 1. The Labute approximate surface area is 144 Å². The Bertz CT molecular complexity index is 847. The lowest BCUT2D eigenvalue weighted by Gasteiger charge is -2.12. The predicted octanol–water partition coefficient (Wildman–Crippen LogP) is 5.91. The number of anilines is 1. The van der Waals surface area contributed by atoms with Crippen molar-refractivity contribution in [3.63, 3.8) is 0 Å². The summed E-state index contributed by atoms with van der Waals surface area (Å²) in [5.74, 6) is -0.268. The molecule has 0 aliphatic rings. The summed E-state index contributed by atoms with van der Waals surface area (Å²) in [6, 6.07) is 22.3. The third-order valence-corrected chi connectivity index (χ3v) is 3.98. The second-order valence-corrected chi connectivity index (χ2v) is 5.83. The molecule has 0 saturated carbocycles. The van der Waals surface area contributed by atoms with E-state index in [9.17, 15) is 4.79 Å². The summed E-state index contributed by atoms with van der Waals surface area (Å²) in [7, 11) is 0. The van der Waals surface area contributed by atoms with Gasteiger partial charge in [0, 0.05) is 16.3 Å². The molecule has 4 heteroatoms. The summed E-state index contributed by atoms with van der Waals surface area (Å²) in [5.41, 5.74) is 3.10. The van der Waals surface area contributed by atoms with E-state index in [1.165, 1.54) is 0 Å². The molecule has 0 fully saturated rings. The molecule has 0 atom stereocenters. The number of amides is 1. The molecule has 0 spiro atoms. The number of hydrogen-bond donors (Lipinski definition) is 1. The molecule has 2 nitrogen and oxygen atoms in total. The van der Waals surface area contributed by atoms with Gasteiger partial charge in [-0.2, -0.15) is 0 Å². The SMILES string of the molecule is O=C(Nc1ccccc1-c1ccccc1)c1ccc(Cl)cc1Cl. The van der Waals surface area contributed by atoms with Crippen LogP contribution in [-0.2, 0) is 0 Å². The Kier molecular flexibility index (Phi) is 4.65. The molecule has 3 aromatic rings. The van der Waals surface area contributed by atoms with Gasteiger partial charge in [-0.25, -0.2) is 0 Å².